The van der Waals surface area contributed by atoms with Gasteiger partial charge in [-0.3, -0.25) is 9.78 Å². The smallest absolute Gasteiger partial charge is 0.326 e. The minimum Gasteiger partial charge on any atom is -0.480 e. The quantitative estimate of drug-likeness (QED) is 0.790. The number of hydrogen-bond donors (Lipinski definition) is 2. The maximum Gasteiger partial charge on any atom is 0.326 e. The summed E-state index contributed by atoms with van der Waals surface area (Å²) >= 11 is 0. The van der Waals surface area contributed by atoms with E-state index in [1.165, 1.54) is 12.1 Å². The van der Waals surface area contributed by atoms with E-state index >= 15 is 0 Å². The third-order valence-corrected chi connectivity index (χ3v) is 5.20. The summed E-state index contributed by atoms with van der Waals surface area (Å²) in [5.74, 6) is -1.80. The second-order valence-electron chi connectivity index (χ2n) is 6.11. The summed E-state index contributed by atoms with van der Waals surface area (Å²) in [4.78, 5) is 28.0. The lowest BCUT2D eigenvalue weighted by molar-refractivity contribution is -0.139. The highest BCUT2D eigenvalue weighted by Gasteiger charge is 2.23. The molecule has 1 aromatic heterocycles. The Morgan fingerprint density at radius 1 is 1.19 bits per heavy atom. The zero-order valence-corrected chi connectivity index (χ0v) is 15.5. The number of carboxylic acids is 1. The number of aromatic nitrogens is 1. The first kappa shape index (κ1) is 19.6. The molecule has 8 heteroatoms. The molecule has 138 valence electrons. The number of carbonyl (C=O) groups is 2. The van der Waals surface area contributed by atoms with Crippen molar-refractivity contribution in [3.8, 4) is 0 Å². The van der Waals surface area contributed by atoms with Crippen LogP contribution in [0.5, 0.6) is 0 Å². The highest BCUT2D eigenvalue weighted by molar-refractivity contribution is 7.90. The van der Waals surface area contributed by atoms with Crippen molar-refractivity contribution < 1.29 is 23.1 Å². The lowest BCUT2D eigenvalue weighted by atomic mass is 10.0. The van der Waals surface area contributed by atoms with Crippen molar-refractivity contribution in [3.63, 3.8) is 0 Å². The molecule has 0 bridgehead atoms. The second-order valence-corrected chi connectivity index (χ2v) is 8.12. The zero-order valence-electron chi connectivity index (χ0n) is 14.7. The average molecular weight is 376 g/mol. The monoisotopic (exact) mass is 376 g/mol. The number of amides is 1. The molecule has 0 saturated carbocycles. The van der Waals surface area contributed by atoms with E-state index in [0.29, 0.717) is 16.7 Å². The Kier molecular flexibility index (Phi) is 5.76. The van der Waals surface area contributed by atoms with E-state index in [4.69, 9.17) is 0 Å². The molecule has 0 aliphatic carbocycles. The standard InChI is InChI=1S/C18H20N2O5S/c1-11-8-14(26(3,24)25)10-15(12(11)2)17(21)20-16(18(22)23)9-13-4-6-19-7-5-13/h4-8,10,16H,9H2,1-3H3,(H,20,21)(H,22,23). The number of aliphatic carboxylic acids is 1. The summed E-state index contributed by atoms with van der Waals surface area (Å²) in [7, 11) is -3.49. The van der Waals surface area contributed by atoms with Crippen molar-refractivity contribution >= 4 is 21.7 Å². The fourth-order valence-corrected chi connectivity index (χ4v) is 3.19. The summed E-state index contributed by atoms with van der Waals surface area (Å²) in [6.07, 6.45) is 4.23. The second kappa shape index (κ2) is 7.65. The Bertz CT molecular complexity index is 940. The van der Waals surface area contributed by atoms with Crippen LogP contribution in [0.2, 0.25) is 0 Å². The van der Waals surface area contributed by atoms with E-state index in [-0.39, 0.29) is 16.9 Å². The molecule has 1 heterocycles. The zero-order chi connectivity index (χ0) is 19.5. The van der Waals surface area contributed by atoms with Crippen LogP contribution in [0, 0.1) is 13.8 Å². The van der Waals surface area contributed by atoms with Gasteiger partial charge < -0.3 is 10.4 Å². The van der Waals surface area contributed by atoms with Crippen LogP contribution in [0.15, 0.2) is 41.6 Å². The van der Waals surface area contributed by atoms with E-state index < -0.39 is 27.8 Å². The molecule has 1 aromatic carbocycles. The number of benzene rings is 1. The number of nitrogens with one attached hydrogen (secondary N) is 1. The maximum absolute atomic E-state index is 12.6. The van der Waals surface area contributed by atoms with Crippen LogP contribution in [-0.4, -0.2) is 42.7 Å². The van der Waals surface area contributed by atoms with Crippen molar-refractivity contribution in [2.24, 2.45) is 0 Å². The molecule has 1 atom stereocenters. The number of carboxylic acid groups (broad SMARTS) is 1. The van der Waals surface area contributed by atoms with Gasteiger partial charge in [-0.15, -0.1) is 0 Å². The van der Waals surface area contributed by atoms with E-state index in [0.717, 1.165) is 6.26 Å². The van der Waals surface area contributed by atoms with Gasteiger partial charge in [-0.25, -0.2) is 13.2 Å². The predicted octanol–water partition coefficient (Wildman–Crippen LogP) is 1.53. The molecule has 1 amide bonds. The molecule has 0 aliphatic rings. The average Bonchev–Trinajstić information content (AvgIpc) is 2.56. The van der Waals surface area contributed by atoms with Gasteiger partial charge in [0.25, 0.3) is 5.91 Å². The summed E-state index contributed by atoms with van der Waals surface area (Å²) in [6, 6.07) is 4.96. The third kappa shape index (κ3) is 4.66. The van der Waals surface area contributed by atoms with Crippen molar-refractivity contribution in [1.82, 2.24) is 10.3 Å². The minimum absolute atomic E-state index is 0.0201. The number of nitrogens with zero attached hydrogens (tertiary/aromatic N) is 1. The van der Waals surface area contributed by atoms with Gasteiger partial charge in [0.1, 0.15) is 6.04 Å². The van der Waals surface area contributed by atoms with Crippen LogP contribution in [0.4, 0.5) is 0 Å². The first-order valence-corrected chi connectivity index (χ1v) is 9.72. The fraction of sp³-hybridized carbons (Fsp3) is 0.278. The lowest BCUT2D eigenvalue weighted by Crippen LogP contribution is -2.42. The molecule has 2 aromatic rings. The molecule has 0 saturated heterocycles. The molecule has 0 fully saturated rings. The van der Waals surface area contributed by atoms with Crippen LogP contribution < -0.4 is 5.32 Å². The van der Waals surface area contributed by atoms with Gasteiger partial charge in [0.2, 0.25) is 0 Å². The summed E-state index contributed by atoms with van der Waals surface area (Å²) in [6.45, 7) is 3.39. The van der Waals surface area contributed by atoms with Gasteiger partial charge in [0.15, 0.2) is 9.84 Å². The number of pyridine rings is 1. The van der Waals surface area contributed by atoms with Crippen LogP contribution in [0.1, 0.15) is 27.0 Å². The molecule has 0 spiro atoms. The minimum atomic E-state index is -3.49. The topological polar surface area (TPSA) is 113 Å². The van der Waals surface area contributed by atoms with Crippen molar-refractivity contribution in [2.75, 3.05) is 6.26 Å². The SMILES string of the molecule is Cc1cc(S(C)(=O)=O)cc(C(=O)NC(Cc2ccncc2)C(=O)O)c1C. The Morgan fingerprint density at radius 2 is 1.81 bits per heavy atom. The van der Waals surface area contributed by atoms with Crippen molar-refractivity contribution in [3.05, 3.63) is 58.9 Å². The van der Waals surface area contributed by atoms with Crippen LogP contribution in [0.3, 0.4) is 0 Å². The van der Waals surface area contributed by atoms with Crippen LogP contribution in [-0.2, 0) is 21.1 Å². The highest BCUT2D eigenvalue weighted by Crippen LogP contribution is 2.20. The number of rotatable bonds is 6. The number of carbonyl (C=O) groups excluding carboxylic acids is 1. The number of hydrogen-bond acceptors (Lipinski definition) is 5. The van der Waals surface area contributed by atoms with Gasteiger partial charge in [-0.1, -0.05) is 0 Å². The van der Waals surface area contributed by atoms with E-state index in [1.54, 1.807) is 38.4 Å². The first-order chi connectivity index (χ1) is 12.1. The normalized spacial score (nSPS) is 12.4. The summed E-state index contributed by atoms with van der Waals surface area (Å²) in [5, 5.41) is 11.9. The molecule has 0 radical (unpaired) electrons. The highest BCUT2D eigenvalue weighted by atomic mass is 32.2. The molecule has 7 nitrogen and oxygen atoms in total. The molecule has 1 unspecified atom stereocenters. The van der Waals surface area contributed by atoms with Gasteiger partial charge in [-0.05, 0) is 54.8 Å². The van der Waals surface area contributed by atoms with Crippen molar-refractivity contribution in [1.29, 1.82) is 0 Å². The third-order valence-electron chi connectivity index (χ3n) is 4.11. The predicted molar refractivity (Wildman–Crippen MR) is 95.9 cm³/mol. The molecule has 0 aliphatic heterocycles. The first-order valence-electron chi connectivity index (χ1n) is 7.83. The van der Waals surface area contributed by atoms with Gasteiger partial charge >= 0.3 is 5.97 Å². The fourth-order valence-electron chi connectivity index (χ4n) is 2.47. The van der Waals surface area contributed by atoms with Gasteiger partial charge in [0, 0.05) is 30.6 Å². The van der Waals surface area contributed by atoms with Gasteiger partial charge in [0.05, 0.1) is 4.90 Å². The Hall–Kier alpha value is -2.74. The molecule has 2 rings (SSSR count). The van der Waals surface area contributed by atoms with Crippen LogP contribution >= 0.6 is 0 Å². The van der Waals surface area contributed by atoms with E-state index in [1.807, 2.05) is 0 Å². The van der Waals surface area contributed by atoms with Crippen LogP contribution in [0.25, 0.3) is 0 Å². The van der Waals surface area contributed by atoms with E-state index in [2.05, 4.69) is 10.3 Å². The summed E-state index contributed by atoms with van der Waals surface area (Å²) in [5.41, 5.74) is 2.10. The van der Waals surface area contributed by atoms with Gasteiger partial charge in [-0.2, -0.15) is 0 Å². The lowest BCUT2D eigenvalue weighted by Gasteiger charge is -2.17. The Morgan fingerprint density at radius 3 is 2.35 bits per heavy atom. The Labute approximate surface area is 152 Å². The van der Waals surface area contributed by atoms with E-state index in [9.17, 15) is 23.1 Å². The van der Waals surface area contributed by atoms with Crippen molar-refractivity contribution in [2.45, 2.75) is 31.2 Å². The molecule has 26 heavy (non-hydrogen) atoms. The largest absolute Gasteiger partial charge is 0.480 e. The molecule has 2 N–H and O–H groups in total. The summed E-state index contributed by atoms with van der Waals surface area (Å²) < 4.78 is 23.6. The number of sulfone groups is 1. The molecular weight excluding hydrogens is 356 g/mol. The Balaban J connectivity index is 2.32. The molecular formula is C18H20N2O5S. The number of aryl methyl sites for hydroxylation is 1. The maximum atomic E-state index is 12.6.